The lowest BCUT2D eigenvalue weighted by molar-refractivity contribution is 1.02. The fourth-order valence-corrected chi connectivity index (χ4v) is 2.58. The Balaban J connectivity index is 2.33. The quantitative estimate of drug-likeness (QED) is 0.290. The first-order valence-corrected chi connectivity index (χ1v) is 6.60. The Morgan fingerprint density at radius 1 is 1.31 bits per heavy atom. The van der Waals surface area contributed by atoms with Gasteiger partial charge in [-0.2, -0.15) is 0 Å². The molecule has 0 aliphatic rings. The number of hydrogen-bond acceptors (Lipinski definition) is 3. The van der Waals surface area contributed by atoms with Crippen LogP contribution >= 0.6 is 33.9 Å². The van der Waals surface area contributed by atoms with Gasteiger partial charge in [-0.15, -0.1) is 11.3 Å². The summed E-state index contributed by atoms with van der Waals surface area (Å²) in [5.41, 5.74) is 4.53. The number of halogens is 1. The molecule has 0 spiro atoms. The molecule has 0 aliphatic carbocycles. The Morgan fingerprint density at radius 3 is 2.62 bits per heavy atom. The van der Waals surface area contributed by atoms with E-state index in [2.05, 4.69) is 33.0 Å². The number of aliphatic imine (C=N–C) groups is 1. The number of nitrogens with zero attached hydrogens (tertiary/aromatic N) is 1. The molecule has 2 aromatic rings. The van der Waals surface area contributed by atoms with E-state index >= 15 is 0 Å². The fraction of sp³-hybridized carbons (Fsp3) is 0. The van der Waals surface area contributed by atoms with Gasteiger partial charge in [0.05, 0.1) is 8.57 Å². The van der Waals surface area contributed by atoms with Crippen LogP contribution in [0.5, 0.6) is 0 Å². The van der Waals surface area contributed by atoms with Gasteiger partial charge in [0.2, 0.25) is 0 Å². The monoisotopic (exact) mass is 343 g/mol. The van der Waals surface area contributed by atoms with E-state index in [1.54, 1.807) is 11.3 Å². The van der Waals surface area contributed by atoms with Crippen LogP contribution in [0, 0.1) is 2.88 Å². The van der Waals surface area contributed by atoms with E-state index in [0.29, 0.717) is 5.84 Å². The van der Waals surface area contributed by atoms with Crippen molar-refractivity contribution < 1.29 is 0 Å². The van der Waals surface area contributed by atoms with Crippen molar-refractivity contribution >= 4 is 45.5 Å². The van der Waals surface area contributed by atoms with Crippen LogP contribution in [0.1, 0.15) is 5.56 Å². The average Bonchev–Trinajstić information content (AvgIpc) is 2.74. The molecule has 0 aliphatic heterocycles. The zero-order valence-corrected chi connectivity index (χ0v) is 11.3. The molecular formula is C11H10IN3S. The smallest absolute Gasteiger partial charge is 0.148 e. The number of nitrogens with one attached hydrogen (secondary N) is 1. The summed E-state index contributed by atoms with van der Waals surface area (Å²) in [5, 5.41) is 2.03. The highest BCUT2D eigenvalue weighted by Crippen LogP contribution is 2.18. The number of para-hydroxylation sites is 1. The lowest BCUT2D eigenvalue weighted by Crippen LogP contribution is -2.30. The van der Waals surface area contributed by atoms with Crippen LogP contribution in [0.25, 0.3) is 0 Å². The number of hydrogen-bond donors (Lipinski definition) is 2. The van der Waals surface area contributed by atoms with Gasteiger partial charge in [-0.1, -0.05) is 18.2 Å². The molecule has 1 heterocycles. The maximum Gasteiger partial charge on any atom is 0.148 e. The van der Waals surface area contributed by atoms with Crippen molar-refractivity contribution in [2.75, 3.05) is 0 Å². The van der Waals surface area contributed by atoms with Gasteiger partial charge >= 0.3 is 0 Å². The third-order valence-electron chi connectivity index (χ3n) is 1.97. The second kappa shape index (κ2) is 5.42. The molecular weight excluding hydrogens is 333 g/mol. The van der Waals surface area contributed by atoms with E-state index in [1.807, 2.05) is 41.8 Å². The number of nitrogens with two attached hydrogens (primary N) is 1. The zero-order valence-electron chi connectivity index (χ0n) is 8.35. The molecule has 1 aromatic carbocycles. The molecule has 2 rings (SSSR count). The Hall–Kier alpha value is -0.920. The van der Waals surface area contributed by atoms with Gasteiger partial charge in [0.15, 0.2) is 0 Å². The van der Waals surface area contributed by atoms with Crippen molar-refractivity contribution in [1.29, 1.82) is 0 Å². The van der Waals surface area contributed by atoms with Crippen molar-refractivity contribution in [2.45, 2.75) is 0 Å². The minimum absolute atomic E-state index is 0.686. The molecule has 0 bridgehead atoms. The molecule has 1 aromatic heterocycles. The van der Waals surface area contributed by atoms with E-state index in [4.69, 9.17) is 5.84 Å². The number of thiophene rings is 1. The van der Waals surface area contributed by atoms with Gasteiger partial charge in [-0.3, -0.25) is 0 Å². The molecule has 3 N–H and O–H groups in total. The van der Waals surface area contributed by atoms with Crippen molar-refractivity contribution in [1.82, 2.24) is 5.43 Å². The summed E-state index contributed by atoms with van der Waals surface area (Å²) in [6.07, 6.45) is 0. The molecule has 0 saturated heterocycles. The van der Waals surface area contributed by atoms with Crippen LogP contribution < -0.4 is 11.3 Å². The van der Waals surface area contributed by atoms with Gasteiger partial charge in [0.25, 0.3) is 0 Å². The summed E-state index contributed by atoms with van der Waals surface area (Å²) in [6.45, 7) is 0. The van der Waals surface area contributed by atoms with Crippen molar-refractivity contribution in [2.24, 2.45) is 10.8 Å². The summed E-state index contributed by atoms with van der Waals surface area (Å²) in [4.78, 5) is 4.44. The normalized spacial score (nSPS) is 11.5. The fourth-order valence-electron chi connectivity index (χ4n) is 1.25. The lowest BCUT2D eigenvalue weighted by atomic mass is 10.3. The van der Waals surface area contributed by atoms with E-state index in [-0.39, 0.29) is 0 Å². The molecule has 5 heteroatoms. The van der Waals surface area contributed by atoms with Crippen LogP contribution in [0.3, 0.4) is 0 Å². The highest BCUT2D eigenvalue weighted by Gasteiger charge is 2.04. The number of hydrazine groups is 1. The van der Waals surface area contributed by atoms with Gasteiger partial charge in [0, 0.05) is 10.9 Å². The summed E-state index contributed by atoms with van der Waals surface area (Å²) < 4.78 is 1.21. The second-order valence-electron chi connectivity index (χ2n) is 3.08. The molecule has 0 amide bonds. The molecule has 16 heavy (non-hydrogen) atoms. The minimum atomic E-state index is 0.686. The van der Waals surface area contributed by atoms with Gasteiger partial charge < -0.3 is 5.43 Å². The van der Waals surface area contributed by atoms with E-state index in [9.17, 15) is 0 Å². The van der Waals surface area contributed by atoms with Gasteiger partial charge in [0.1, 0.15) is 5.84 Å². The SMILES string of the molecule is NNC(=Nc1ccccc1)c1csc(I)c1. The predicted molar refractivity (Wildman–Crippen MR) is 77.0 cm³/mol. The van der Waals surface area contributed by atoms with Crippen molar-refractivity contribution in [3.8, 4) is 0 Å². The second-order valence-corrected chi connectivity index (χ2v) is 5.89. The third-order valence-corrected chi connectivity index (χ3v) is 3.76. The third kappa shape index (κ3) is 2.81. The highest BCUT2D eigenvalue weighted by molar-refractivity contribution is 14.1. The molecule has 0 fully saturated rings. The standard InChI is InChI=1S/C11H10IN3S/c12-10-6-8(7-16-10)11(15-13)14-9-4-2-1-3-5-9/h1-7H,13H2,(H,14,15). The van der Waals surface area contributed by atoms with Crippen LogP contribution in [0.2, 0.25) is 0 Å². The Bertz CT molecular complexity index is 493. The van der Waals surface area contributed by atoms with Crippen molar-refractivity contribution in [3.63, 3.8) is 0 Å². The molecule has 0 atom stereocenters. The first-order valence-electron chi connectivity index (χ1n) is 4.64. The highest BCUT2D eigenvalue weighted by atomic mass is 127. The Kier molecular flexibility index (Phi) is 3.92. The Morgan fingerprint density at radius 2 is 2.06 bits per heavy atom. The van der Waals surface area contributed by atoms with Crippen LogP contribution in [0.15, 0.2) is 46.8 Å². The molecule has 82 valence electrons. The van der Waals surface area contributed by atoms with E-state index < -0.39 is 0 Å². The molecule has 0 unspecified atom stereocenters. The van der Waals surface area contributed by atoms with Crippen LogP contribution in [-0.4, -0.2) is 5.84 Å². The average molecular weight is 343 g/mol. The summed E-state index contributed by atoms with van der Waals surface area (Å²) >= 11 is 3.95. The predicted octanol–water partition coefficient (Wildman–Crippen LogP) is 2.89. The van der Waals surface area contributed by atoms with Gasteiger partial charge in [-0.25, -0.2) is 10.8 Å². The number of amidine groups is 1. The summed E-state index contributed by atoms with van der Waals surface area (Å²) in [6, 6.07) is 11.8. The Labute approximate surface area is 112 Å². The van der Waals surface area contributed by atoms with Crippen molar-refractivity contribution in [3.05, 3.63) is 50.2 Å². The van der Waals surface area contributed by atoms with Crippen LogP contribution in [0.4, 0.5) is 5.69 Å². The molecule has 3 nitrogen and oxygen atoms in total. The lowest BCUT2D eigenvalue weighted by Gasteiger charge is -2.02. The van der Waals surface area contributed by atoms with E-state index in [1.165, 1.54) is 2.88 Å². The van der Waals surface area contributed by atoms with Crippen LogP contribution in [-0.2, 0) is 0 Å². The largest absolute Gasteiger partial charge is 0.308 e. The number of benzene rings is 1. The maximum atomic E-state index is 5.48. The topological polar surface area (TPSA) is 50.4 Å². The van der Waals surface area contributed by atoms with E-state index in [0.717, 1.165) is 11.3 Å². The summed E-state index contributed by atoms with van der Waals surface area (Å²) in [5.74, 6) is 6.17. The summed E-state index contributed by atoms with van der Waals surface area (Å²) in [7, 11) is 0. The number of rotatable bonds is 2. The maximum absolute atomic E-state index is 5.48. The molecule has 0 radical (unpaired) electrons. The molecule has 0 saturated carbocycles. The first-order chi connectivity index (χ1) is 7.79. The zero-order chi connectivity index (χ0) is 11.4. The first kappa shape index (κ1) is 11.6. The van der Waals surface area contributed by atoms with Gasteiger partial charge in [-0.05, 0) is 40.8 Å². The minimum Gasteiger partial charge on any atom is -0.308 e.